The quantitative estimate of drug-likeness (QED) is 0.736. The van der Waals surface area contributed by atoms with Gasteiger partial charge in [-0.05, 0) is 11.8 Å². The average Bonchev–Trinajstić information content (AvgIpc) is 2.74. The van der Waals surface area contributed by atoms with Gasteiger partial charge < -0.3 is 9.30 Å². The van der Waals surface area contributed by atoms with Gasteiger partial charge in [0, 0.05) is 7.05 Å². The van der Waals surface area contributed by atoms with Crippen molar-refractivity contribution in [2.75, 3.05) is 7.11 Å². The number of aryl methyl sites for hydroxylation is 1. The summed E-state index contributed by atoms with van der Waals surface area (Å²) in [7, 11) is 3.12. The summed E-state index contributed by atoms with van der Waals surface area (Å²) in [5.74, 6) is -0.516. The van der Waals surface area contributed by atoms with Gasteiger partial charge in [0.2, 0.25) is 0 Å². The van der Waals surface area contributed by atoms with Gasteiger partial charge in [-0.2, -0.15) is 0 Å². The van der Waals surface area contributed by atoms with Crippen LogP contribution in [0.15, 0.2) is 28.9 Å². The third-order valence-corrected chi connectivity index (χ3v) is 2.83. The number of carbonyl (C=O) groups excluding carboxylic acids is 1. The molecule has 0 bridgehead atoms. The van der Waals surface area contributed by atoms with E-state index >= 15 is 0 Å². The Labute approximate surface area is 101 Å². The van der Waals surface area contributed by atoms with Crippen LogP contribution in [0.25, 0.3) is 0 Å². The van der Waals surface area contributed by atoms with E-state index in [2.05, 4.69) is 24.9 Å². The second-order valence-corrected chi connectivity index (χ2v) is 4.05. The molecule has 2 aromatic rings. The minimum Gasteiger partial charge on any atom is -0.464 e. The lowest BCUT2D eigenvalue weighted by molar-refractivity contribution is 0.0592. The summed E-state index contributed by atoms with van der Waals surface area (Å²) >= 11 is 1.27. The van der Waals surface area contributed by atoms with E-state index in [1.54, 1.807) is 17.1 Å². The molecule has 0 saturated heterocycles. The van der Waals surface area contributed by atoms with Crippen LogP contribution in [0.5, 0.6) is 0 Å². The lowest BCUT2D eigenvalue weighted by Gasteiger charge is -2.01. The third-order valence-electron chi connectivity index (χ3n) is 1.87. The highest BCUT2D eigenvalue weighted by Crippen LogP contribution is 2.22. The number of carbonyl (C=O) groups is 1. The minimum absolute atomic E-state index is 0.166. The first-order chi connectivity index (χ1) is 8.20. The molecule has 0 amide bonds. The van der Waals surface area contributed by atoms with Crippen molar-refractivity contribution in [3.05, 3.63) is 24.4 Å². The molecule has 0 aliphatic rings. The highest BCUT2D eigenvalue weighted by molar-refractivity contribution is 7.99. The summed E-state index contributed by atoms with van der Waals surface area (Å²) in [6.45, 7) is 0. The van der Waals surface area contributed by atoms with Crippen LogP contribution in [0.1, 0.15) is 10.5 Å². The molecule has 0 radical (unpaired) electrons. The fraction of sp³-hybridized carbons (Fsp3) is 0.222. The van der Waals surface area contributed by atoms with Gasteiger partial charge in [-0.1, -0.05) is 0 Å². The van der Waals surface area contributed by atoms with Crippen LogP contribution in [0.3, 0.4) is 0 Å². The maximum atomic E-state index is 11.3. The van der Waals surface area contributed by atoms with Gasteiger partial charge >= 0.3 is 5.97 Å². The predicted molar refractivity (Wildman–Crippen MR) is 58.5 cm³/mol. The standard InChI is InChI=1S/C9H9N5O2S/c1-14-5-11-13-9(14)17-7-4-10-3-6(12-7)8(15)16-2/h3-5H,1-2H3. The number of esters is 1. The Balaban J connectivity index is 2.22. The van der Waals surface area contributed by atoms with Gasteiger partial charge in [0.25, 0.3) is 0 Å². The molecule has 2 rings (SSSR count). The van der Waals surface area contributed by atoms with Crippen molar-refractivity contribution in [2.24, 2.45) is 7.05 Å². The summed E-state index contributed by atoms with van der Waals surface area (Å²) < 4.78 is 6.31. The normalized spacial score (nSPS) is 10.2. The van der Waals surface area contributed by atoms with Gasteiger partial charge in [-0.15, -0.1) is 10.2 Å². The first-order valence-corrected chi connectivity index (χ1v) is 5.44. The van der Waals surface area contributed by atoms with Crippen LogP contribution in [-0.2, 0) is 11.8 Å². The lowest BCUT2D eigenvalue weighted by Crippen LogP contribution is -2.05. The molecule has 2 heterocycles. The summed E-state index contributed by atoms with van der Waals surface area (Å²) in [6, 6.07) is 0. The van der Waals surface area contributed by atoms with Crippen LogP contribution in [0.4, 0.5) is 0 Å². The molecule has 0 aliphatic heterocycles. The zero-order valence-electron chi connectivity index (χ0n) is 9.19. The molecular weight excluding hydrogens is 242 g/mol. The Morgan fingerprint density at radius 2 is 2.29 bits per heavy atom. The highest BCUT2D eigenvalue weighted by Gasteiger charge is 2.11. The number of hydrogen-bond donors (Lipinski definition) is 0. The molecule has 0 aromatic carbocycles. The topological polar surface area (TPSA) is 82.8 Å². The first kappa shape index (κ1) is 11.5. The fourth-order valence-electron chi connectivity index (χ4n) is 1.06. The maximum Gasteiger partial charge on any atom is 0.358 e. The van der Waals surface area contributed by atoms with Crippen molar-refractivity contribution in [3.63, 3.8) is 0 Å². The maximum absolute atomic E-state index is 11.3. The molecule has 7 nitrogen and oxygen atoms in total. The zero-order chi connectivity index (χ0) is 12.3. The van der Waals surface area contributed by atoms with Crippen LogP contribution < -0.4 is 0 Å². The van der Waals surface area contributed by atoms with Gasteiger partial charge in [-0.3, -0.25) is 4.98 Å². The molecule has 0 fully saturated rings. The Morgan fingerprint density at radius 1 is 1.47 bits per heavy atom. The van der Waals surface area contributed by atoms with E-state index in [9.17, 15) is 4.79 Å². The van der Waals surface area contributed by atoms with E-state index in [1.807, 2.05) is 7.05 Å². The molecule has 8 heteroatoms. The zero-order valence-corrected chi connectivity index (χ0v) is 10.0. The summed E-state index contributed by atoms with van der Waals surface area (Å²) in [6.07, 6.45) is 4.48. The number of methoxy groups -OCH3 is 1. The van der Waals surface area contributed by atoms with E-state index in [0.29, 0.717) is 10.2 Å². The summed E-state index contributed by atoms with van der Waals surface area (Å²) in [5.41, 5.74) is 0.166. The smallest absolute Gasteiger partial charge is 0.358 e. The second-order valence-electron chi connectivity index (χ2n) is 3.06. The van der Waals surface area contributed by atoms with Crippen LogP contribution in [0, 0.1) is 0 Å². The van der Waals surface area contributed by atoms with Gasteiger partial charge in [-0.25, -0.2) is 9.78 Å². The Hall–Kier alpha value is -1.96. The Bertz CT molecular complexity index is 542. The van der Waals surface area contributed by atoms with Crippen molar-refractivity contribution in [2.45, 2.75) is 10.2 Å². The van der Waals surface area contributed by atoms with E-state index in [1.165, 1.54) is 25.1 Å². The molecule has 0 atom stereocenters. The second kappa shape index (κ2) is 4.91. The summed E-state index contributed by atoms with van der Waals surface area (Å²) in [4.78, 5) is 19.3. The van der Waals surface area contributed by atoms with Crippen molar-refractivity contribution in [1.29, 1.82) is 0 Å². The van der Waals surface area contributed by atoms with Crippen LogP contribution in [-0.4, -0.2) is 37.8 Å². The molecule has 0 N–H and O–H groups in total. The Kier molecular flexibility index (Phi) is 3.33. The molecule has 0 saturated carbocycles. The minimum atomic E-state index is -0.516. The van der Waals surface area contributed by atoms with Crippen LogP contribution >= 0.6 is 11.8 Å². The van der Waals surface area contributed by atoms with Gasteiger partial charge in [0.1, 0.15) is 11.4 Å². The molecule has 88 valence electrons. The van der Waals surface area contributed by atoms with E-state index in [0.717, 1.165) is 0 Å². The predicted octanol–water partition coefficient (Wildman–Crippen LogP) is 0.543. The molecular formula is C9H9N5O2S. The van der Waals surface area contributed by atoms with Crippen molar-refractivity contribution in [1.82, 2.24) is 24.7 Å². The highest BCUT2D eigenvalue weighted by atomic mass is 32.2. The van der Waals surface area contributed by atoms with Crippen molar-refractivity contribution in [3.8, 4) is 0 Å². The van der Waals surface area contributed by atoms with Crippen molar-refractivity contribution >= 4 is 17.7 Å². The first-order valence-electron chi connectivity index (χ1n) is 4.63. The number of rotatable bonds is 3. The van der Waals surface area contributed by atoms with Crippen molar-refractivity contribution < 1.29 is 9.53 Å². The van der Waals surface area contributed by atoms with E-state index in [-0.39, 0.29) is 5.69 Å². The monoisotopic (exact) mass is 251 g/mol. The Morgan fingerprint density at radius 3 is 2.94 bits per heavy atom. The number of hydrogen-bond acceptors (Lipinski definition) is 7. The molecule has 0 unspecified atom stereocenters. The SMILES string of the molecule is COC(=O)c1cncc(Sc2nncn2C)n1. The number of aromatic nitrogens is 5. The largest absolute Gasteiger partial charge is 0.464 e. The van der Waals surface area contributed by atoms with Gasteiger partial charge in [0.05, 0.1) is 19.5 Å². The average molecular weight is 251 g/mol. The fourth-order valence-corrected chi connectivity index (χ4v) is 1.78. The lowest BCUT2D eigenvalue weighted by atomic mass is 10.5. The third kappa shape index (κ3) is 2.59. The van der Waals surface area contributed by atoms with Gasteiger partial charge in [0.15, 0.2) is 10.9 Å². The molecule has 0 spiro atoms. The van der Waals surface area contributed by atoms with E-state index in [4.69, 9.17) is 0 Å². The van der Waals surface area contributed by atoms with E-state index < -0.39 is 5.97 Å². The van der Waals surface area contributed by atoms with Crippen LogP contribution in [0.2, 0.25) is 0 Å². The number of nitrogens with zero attached hydrogens (tertiary/aromatic N) is 5. The molecule has 17 heavy (non-hydrogen) atoms. The molecule has 0 aliphatic carbocycles. The number of ether oxygens (including phenoxy) is 1. The molecule has 2 aromatic heterocycles. The summed E-state index contributed by atoms with van der Waals surface area (Å²) in [5, 5.41) is 8.87.